The predicted octanol–water partition coefficient (Wildman–Crippen LogP) is 0.791. The Morgan fingerprint density at radius 2 is 1.83 bits per heavy atom. The number of hydrogen-bond acceptors (Lipinski definition) is 4. The van der Waals surface area contributed by atoms with Crippen LogP contribution in [0.2, 0.25) is 5.54 Å². The molecule has 0 aromatic carbocycles. The second-order valence-corrected chi connectivity index (χ2v) is 5.21. The summed E-state index contributed by atoms with van der Waals surface area (Å²) in [6.07, 6.45) is 2.13. The summed E-state index contributed by atoms with van der Waals surface area (Å²) in [6.45, 7) is 2.88. The van der Waals surface area contributed by atoms with Crippen LogP contribution in [0.1, 0.15) is 19.8 Å². The van der Waals surface area contributed by atoms with Crippen LogP contribution >= 0.6 is 0 Å². The van der Waals surface area contributed by atoms with Crippen molar-refractivity contribution < 1.29 is 8.85 Å². The van der Waals surface area contributed by atoms with Crippen molar-refractivity contribution in [2.75, 3.05) is 20.8 Å². The summed E-state index contributed by atoms with van der Waals surface area (Å²) in [5, 5.41) is 0. The fraction of sp³-hybridized carbons (Fsp3) is 1.00. The highest BCUT2D eigenvalue weighted by Crippen LogP contribution is 2.19. The Labute approximate surface area is 76.9 Å². The van der Waals surface area contributed by atoms with Gasteiger partial charge in [-0.1, -0.05) is 13.3 Å². The highest BCUT2D eigenvalue weighted by atomic mass is 28.3. The third kappa shape index (κ3) is 4.84. The first kappa shape index (κ1) is 14.6. The molecular formula is C7H22N2O2Si. The second-order valence-electron chi connectivity index (χ2n) is 2.59. The average molecular weight is 194 g/mol. The maximum absolute atomic E-state index is 5.46. The molecule has 1 unspecified atom stereocenters. The van der Waals surface area contributed by atoms with Crippen molar-refractivity contribution in [2.45, 2.75) is 25.3 Å². The Balaban J connectivity index is 0. The molecule has 76 valence electrons. The van der Waals surface area contributed by atoms with E-state index >= 15 is 0 Å². The standard InChI is InChI=1S/C7H19NO2Si.H3N/c1-4-7(5-6-8)11(9-2)10-3;/h7,11H,4-6,8H2,1-3H3;1H3. The molecule has 1 atom stereocenters. The van der Waals surface area contributed by atoms with E-state index in [1.165, 1.54) is 0 Å². The van der Waals surface area contributed by atoms with E-state index < -0.39 is 9.28 Å². The van der Waals surface area contributed by atoms with Crippen LogP contribution in [-0.2, 0) is 8.85 Å². The molecule has 0 spiro atoms. The van der Waals surface area contributed by atoms with Crippen LogP contribution in [0.15, 0.2) is 0 Å². The van der Waals surface area contributed by atoms with E-state index in [-0.39, 0.29) is 6.15 Å². The topological polar surface area (TPSA) is 79.5 Å². The largest absolute Gasteiger partial charge is 0.400 e. The van der Waals surface area contributed by atoms with Crippen molar-refractivity contribution in [3.8, 4) is 0 Å². The van der Waals surface area contributed by atoms with Gasteiger partial charge in [-0.3, -0.25) is 0 Å². The van der Waals surface area contributed by atoms with Gasteiger partial charge < -0.3 is 20.7 Å². The number of nitrogens with two attached hydrogens (primary N) is 1. The number of rotatable bonds is 6. The molecule has 4 nitrogen and oxygen atoms in total. The van der Waals surface area contributed by atoms with Crippen molar-refractivity contribution in [3.63, 3.8) is 0 Å². The molecule has 12 heavy (non-hydrogen) atoms. The monoisotopic (exact) mass is 194 g/mol. The van der Waals surface area contributed by atoms with Crippen molar-refractivity contribution in [1.82, 2.24) is 6.15 Å². The van der Waals surface area contributed by atoms with Gasteiger partial charge in [0.1, 0.15) is 0 Å². The summed E-state index contributed by atoms with van der Waals surface area (Å²) in [5.74, 6) is 0. The summed E-state index contributed by atoms with van der Waals surface area (Å²) in [5.41, 5.74) is 6.03. The molecule has 0 aromatic rings. The zero-order valence-corrected chi connectivity index (χ0v) is 9.53. The fourth-order valence-electron chi connectivity index (χ4n) is 1.23. The Hall–Kier alpha value is 0.0569. The van der Waals surface area contributed by atoms with Crippen molar-refractivity contribution in [3.05, 3.63) is 0 Å². The van der Waals surface area contributed by atoms with Crippen LogP contribution in [0.5, 0.6) is 0 Å². The normalized spacial score (nSPS) is 12.8. The lowest BCUT2D eigenvalue weighted by molar-refractivity contribution is 0.261. The van der Waals surface area contributed by atoms with E-state index in [0.29, 0.717) is 5.54 Å². The molecule has 0 saturated heterocycles. The minimum absolute atomic E-state index is 0. The van der Waals surface area contributed by atoms with Gasteiger partial charge in [-0.25, -0.2) is 0 Å². The highest BCUT2D eigenvalue weighted by Gasteiger charge is 2.21. The van der Waals surface area contributed by atoms with Crippen LogP contribution < -0.4 is 11.9 Å². The molecule has 0 aliphatic carbocycles. The van der Waals surface area contributed by atoms with E-state index in [1.54, 1.807) is 14.2 Å². The molecule has 0 rings (SSSR count). The van der Waals surface area contributed by atoms with Gasteiger partial charge in [-0.15, -0.1) is 0 Å². The lowest BCUT2D eigenvalue weighted by Gasteiger charge is -2.20. The minimum Gasteiger partial charge on any atom is -0.400 e. The first-order valence-corrected chi connectivity index (χ1v) is 5.66. The minimum atomic E-state index is -1.40. The summed E-state index contributed by atoms with van der Waals surface area (Å²) in [4.78, 5) is 0. The molecule has 5 heteroatoms. The SMILES string of the molecule is CCC(CCN)[SiH](OC)OC.N. The highest BCUT2D eigenvalue weighted by molar-refractivity contribution is 6.46. The van der Waals surface area contributed by atoms with E-state index in [2.05, 4.69) is 6.92 Å². The van der Waals surface area contributed by atoms with Gasteiger partial charge in [0, 0.05) is 19.8 Å². The quantitative estimate of drug-likeness (QED) is 0.613. The van der Waals surface area contributed by atoms with Gasteiger partial charge >= 0.3 is 9.28 Å². The van der Waals surface area contributed by atoms with Gasteiger partial charge in [-0.05, 0) is 13.0 Å². The van der Waals surface area contributed by atoms with Crippen molar-refractivity contribution in [1.29, 1.82) is 0 Å². The molecular weight excluding hydrogens is 172 g/mol. The molecule has 0 amide bonds. The molecule has 0 aromatic heterocycles. The van der Waals surface area contributed by atoms with Gasteiger partial charge in [0.25, 0.3) is 0 Å². The molecule has 5 N–H and O–H groups in total. The van der Waals surface area contributed by atoms with Crippen LogP contribution in [-0.4, -0.2) is 30.0 Å². The average Bonchev–Trinajstić information content (AvgIpc) is 2.05. The summed E-state index contributed by atoms with van der Waals surface area (Å²) >= 11 is 0. The zero-order chi connectivity index (χ0) is 8.69. The summed E-state index contributed by atoms with van der Waals surface area (Å²) < 4.78 is 10.5. The van der Waals surface area contributed by atoms with Crippen LogP contribution in [0.25, 0.3) is 0 Å². The second kappa shape index (κ2) is 9.15. The zero-order valence-electron chi connectivity index (χ0n) is 8.38. The maximum Gasteiger partial charge on any atom is 0.324 e. The lowest BCUT2D eigenvalue weighted by Crippen LogP contribution is -2.27. The molecule has 0 heterocycles. The van der Waals surface area contributed by atoms with Crippen molar-refractivity contribution in [2.24, 2.45) is 5.73 Å². The van der Waals surface area contributed by atoms with Crippen molar-refractivity contribution >= 4 is 9.28 Å². The summed E-state index contributed by atoms with van der Waals surface area (Å²) in [7, 11) is 2.04. The lowest BCUT2D eigenvalue weighted by atomic mass is 10.2. The Kier molecular flexibility index (Phi) is 11.1. The van der Waals surface area contributed by atoms with Gasteiger partial charge in [0.05, 0.1) is 0 Å². The molecule has 0 aliphatic rings. The van der Waals surface area contributed by atoms with E-state index in [0.717, 1.165) is 19.4 Å². The van der Waals surface area contributed by atoms with Gasteiger partial charge in [-0.2, -0.15) is 0 Å². The third-order valence-electron chi connectivity index (χ3n) is 1.91. The van der Waals surface area contributed by atoms with Gasteiger partial charge in [0.2, 0.25) is 0 Å². The smallest absolute Gasteiger partial charge is 0.324 e. The van der Waals surface area contributed by atoms with E-state index in [4.69, 9.17) is 14.6 Å². The van der Waals surface area contributed by atoms with Gasteiger partial charge in [0.15, 0.2) is 0 Å². The van der Waals surface area contributed by atoms with E-state index in [9.17, 15) is 0 Å². The van der Waals surface area contributed by atoms with Crippen LogP contribution in [0.4, 0.5) is 0 Å². The van der Waals surface area contributed by atoms with Crippen LogP contribution in [0.3, 0.4) is 0 Å². The first-order chi connectivity index (χ1) is 5.29. The number of hydrogen-bond donors (Lipinski definition) is 2. The predicted molar refractivity (Wildman–Crippen MR) is 53.9 cm³/mol. The molecule has 0 bridgehead atoms. The Morgan fingerprint density at radius 3 is 2.08 bits per heavy atom. The maximum atomic E-state index is 5.46. The fourth-order valence-corrected chi connectivity index (χ4v) is 3.04. The first-order valence-electron chi connectivity index (χ1n) is 4.05. The Bertz CT molecular complexity index is 91.5. The third-order valence-corrected chi connectivity index (χ3v) is 4.42. The Morgan fingerprint density at radius 1 is 1.33 bits per heavy atom. The van der Waals surface area contributed by atoms with E-state index in [1.807, 2.05) is 0 Å². The molecule has 0 fully saturated rings. The van der Waals surface area contributed by atoms with Crippen LogP contribution in [0, 0.1) is 0 Å². The summed E-state index contributed by atoms with van der Waals surface area (Å²) in [6, 6.07) is 0. The molecule has 0 radical (unpaired) electrons. The molecule has 0 saturated carbocycles. The molecule has 0 aliphatic heterocycles.